The van der Waals surface area contributed by atoms with Gasteiger partial charge in [-0.15, -0.1) is 0 Å². The van der Waals surface area contributed by atoms with Crippen LogP contribution in [0.4, 0.5) is 15.9 Å². The Morgan fingerprint density at radius 3 is 2.54 bits per heavy atom. The van der Waals surface area contributed by atoms with Crippen LogP contribution in [0.3, 0.4) is 0 Å². The normalized spacial score (nSPS) is 13.4. The molecule has 1 saturated carbocycles. The predicted molar refractivity (Wildman–Crippen MR) is 147 cm³/mol. The first-order valence-electron chi connectivity index (χ1n) is 12.4. The Morgan fingerprint density at radius 1 is 1.14 bits per heavy atom. The third-order valence-corrected chi connectivity index (χ3v) is 6.47. The summed E-state index contributed by atoms with van der Waals surface area (Å²) in [6.45, 7) is 3.47. The summed E-state index contributed by atoms with van der Waals surface area (Å²) < 4.78 is 17.7. The lowest BCUT2D eigenvalue weighted by atomic mass is 9.89. The van der Waals surface area contributed by atoms with Crippen LogP contribution in [-0.2, 0) is 4.79 Å². The van der Waals surface area contributed by atoms with Gasteiger partial charge in [0, 0.05) is 41.9 Å². The van der Waals surface area contributed by atoms with Crippen molar-refractivity contribution in [2.75, 3.05) is 24.8 Å². The van der Waals surface area contributed by atoms with Crippen LogP contribution < -0.4 is 15.4 Å². The molecule has 7 nitrogen and oxygen atoms in total. The number of fused-ring (bicyclic) bond motifs is 1. The summed E-state index contributed by atoms with van der Waals surface area (Å²) >= 11 is 0. The van der Waals surface area contributed by atoms with Gasteiger partial charge in [-0.2, -0.15) is 0 Å². The summed E-state index contributed by atoms with van der Waals surface area (Å²) in [4.78, 5) is 24.7. The lowest BCUT2D eigenvalue weighted by Crippen LogP contribution is -2.25. The second-order valence-corrected chi connectivity index (χ2v) is 8.92. The van der Waals surface area contributed by atoms with Gasteiger partial charge in [-0.1, -0.05) is 31.9 Å². The van der Waals surface area contributed by atoms with E-state index in [1.165, 1.54) is 25.7 Å². The minimum absolute atomic E-state index is 0.0787. The SMILES string of the molecule is C=Cc1ccc(OC)cc1F.CNc1ccc(-c2nc3cc(NC(=O)C4CCCCC4)ncc3[nH]2)cc1. The first-order chi connectivity index (χ1) is 18.0. The number of ether oxygens (including phenoxy) is 1. The number of carbonyl (C=O) groups is 1. The van der Waals surface area contributed by atoms with Crippen molar-refractivity contribution in [2.24, 2.45) is 5.92 Å². The molecule has 3 N–H and O–H groups in total. The molecule has 1 amide bonds. The zero-order valence-corrected chi connectivity index (χ0v) is 21.2. The number of hydrogen-bond donors (Lipinski definition) is 3. The number of carbonyl (C=O) groups excluding carboxylic acids is 1. The number of amides is 1. The van der Waals surface area contributed by atoms with E-state index >= 15 is 0 Å². The van der Waals surface area contributed by atoms with Crippen LogP contribution in [0.25, 0.3) is 28.5 Å². The highest BCUT2D eigenvalue weighted by molar-refractivity contribution is 5.93. The lowest BCUT2D eigenvalue weighted by Gasteiger charge is -2.20. The van der Waals surface area contributed by atoms with Crippen molar-refractivity contribution in [3.8, 4) is 17.1 Å². The van der Waals surface area contributed by atoms with Crippen LogP contribution in [0.15, 0.2) is 61.3 Å². The molecule has 37 heavy (non-hydrogen) atoms. The number of H-pyrrole nitrogens is 1. The number of nitrogens with zero attached hydrogens (tertiary/aromatic N) is 2. The Morgan fingerprint density at radius 2 is 1.89 bits per heavy atom. The minimum atomic E-state index is -0.306. The number of nitrogens with one attached hydrogen (secondary N) is 3. The van der Waals surface area contributed by atoms with Crippen LogP contribution in [0.1, 0.15) is 37.7 Å². The van der Waals surface area contributed by atoms with E-state index in [9.17, 15) is 9.18 Å². The standard InChI is InChI=1S/C20H23N5O.C9H9FO/c1-21-15-9-7-13(8-10-15)19-23-16-11-18(22-12-17(16)24-19)25-20(26)14-5-3-2-4-6-14;1-3-7-4-5-8(11-2)6-9(7)10/h7-12,14,21H,2-6H2,1H3,(H,23,24)(H,22,25,26);3-6H,1H2,2H3. The third kappa shape index (κ3) is 6.52. The molecule has 5 rings (SSSR count). The monoisotopic (exact) mass is 501 g/mol. The molecule has 0 spiro atoms. The smallest absolute Gasteiger partial charge is 0.228 e. The predicted octanol–water partition coefficient (Wildman–Crippen LogP) is 6.66. The van der Waals surface area contributed by atoms with Gasteiger partial charge in [0.05, 0.1) is 24.3 Å². The first kappa shape index (κ1) is 25.9. The number of pyridine rings is 1. The van der Waals surface area contributed by atoms with Crippen LogP contribution in [-0.4, -0.2) is 35.0 Å². The molecule has 192 valence electrons. The number of halogens is 1. The van der Waals surface area contributed by atoms with Crippen LogP contribution in [0.2, 0.25) is 0 Å². The topological polar surface area (TPSA) is 91.9 Å². The second-order valence-electron chi connectivity index (χ2n) is 8.92. The molecule has 2 heterocycles. The molecule has 8 heteroatoms. The van der Waals surface area contributed by atoms with Crippen molar-refractivity contribution >= 4 is 34.5 Å². The van der Waals surface area contributed by atoms with Gasteiger partial charge in [-0.05, 0) is 49.2 Å². The van der Waals surface area contributed by atoms with Gasteiger partial charge >= 0.3 is 0 Å². The van der Waals surface area contributed by atoms with Crippen molar-refractivity contribution < 1.29 is 13.9 Å². The van der Waals surface area contributed by atoms with E-state index in [0.29, 0.717) is 17.1 Å². The zero-order valence-electron chi connectivity index (χ0n) is 21.2. The maximum absolute atomic E-state index is 12.9. The molecule has 0 atom stereocenters. The largest absolute Gasteiger partial charge is 0.497 e. The summed E-state index contributed by atoms with van der Waals surface area (Å²) in [5, 5.41) is 6.06. The Kier molecular flexibility index (Phi) is 8.51. The molecular formula is C29H32FN5O2. The Labute approximate surface area is 216 Å². The maximum Gasteiger partial charge on any atom is 0.228 e. The summed E-state index contributed by atoms with van der Waals surface area (Å²) in [5.41, 5.74) is 4.21. The zero-order chi connectivity index (χ0) is 26.2. The average molecular weight is 502 g/mol. The summed E-state index contributed by atoms with van der Waals surface area (Å²) in [5.74, 6) is 1.76. The fraction of sp³-hybridized carbons (Fsp3) is 0.276. The van der Waals surface area contributed by atoms with Gasteiger partial charge in [0.2, 0.25) is 5.91 Å². The highest BCUT2D eigenvalue weighted by Gasteiger charge is 2.21. The van der Waals surface area contributed by atoms with E-state index in [-0.39, 0.29) is 17.6 Å². The lowest BCUT2D eigenvalue weighted by molar-refractivity contribution is -0.120. The molecule has 4 aromatic rings. The summed E-state index contributed by atoms with van der Waals surface area (Å²) in [6, 6.07) is 14.5. The van der Waals surface area contributed by atoms with Gasteiger partial charge in [0.25, 0.3) is 0 Å². The van der Waals surface area contributed by atoms with Gasteiger partial charge in [0.15, 0.2) is 0 Å². The summed E-state index contributed by atoms with van der Waals surface area (Å²) in [6.07, 6.45) is 8.66. The molecule has 0 bridgehead atoms. The van der Waals surface area contributed by atoms with E-state index in [1.807, 2.05) is 37.4 Å². The number of methoxy groups -OCH3 is 1. The number of rotatable bonds is 6. The second kappa shape index (κ2) is 12.2. The summed E-state index contributed by atoms with van der Waals surface area (Å²) in [7, 11) is 3.40. The molecule has 1 aliphatic carbocycles. The maximum atomic E-state index is 12.9. The number of imidazole rings is 1. The van der Waals surface area contributed by atoms with Crippen molar-refractivity contribution in [3.63, 3.8) is 0 Å². The molecule has 0 aliphatic heterocycles. The van der Waals surface area contributed by atoms with Gasteiger partial charge < -0.3 is 20.4 Å². The minimum Gasteiger partial charge on any atom is -0.497 e. The van der Waals surface area contributed by atoms with Crippen LogP contribution in [0.5, 0.6) is 5.75 Å². The third-order valence-electron chi connectivity index (χ3n) is 6.47. The van der Waals surface area contributed by atoms with E-state index in [4.69, 9.17) is 4.74 Å². The van der Waals surface area contributed by atoms with E-state index < -0.39 is 0 Å². The van der Waals surface area contributed by atoms with E-state index in [0.717, 1.165) is 53.8 Å². The average Bonchev–Trinajstić information content (AvgIpc) is 3.37. The van der Waals surface area contributed by atoms with Crippen LogP contribution >= 0.6 is 0 Å². The highest BCUT2D eigenvalue weighted by atomic mass is 19.1. The van der Waals surface area contributed by atoms with Gasteiger partial charge in [0.1, 0.15) is 23.2 Å². The molecule has 2 aromatic heterocycles. The molecule has 1 fully saturated rings. The number of hydrogen-bond acceptors (Lipinski definition) is 5. The number of anilines is 2. The highest BCUT2D eigenvalue weighted by Crippen LogP contribution is 2.26. The Hall–Kier alpha value is -4.20. The first-order valence-corrected chi connectivity index (χ1v) is 12.4. The number of aromatic amines is 1. The Balaban J connectivity index is 0.000000245. The fourth-order valence-corrected chi connectivity index (χ4v) is 4.30. The molecule has 0 radical (unpaired) electrons. The molecule has 0 unspecified atom stereocenters. The number of aromatic nitrogens is 3. The molecule has 0 saturated heterocycles. The van der Waals surface area contributed by atoms with E-state index in [2.05, 4.69) is 32.2 Å². The number of benzene rings is 2. The molecule has 1 aliphatic rings. The van der Waals surface area contributed by atoms with Gasteiger partial charge in [-0.3, -0.25) is 4.79 Å². The van der Waals surface area contributed by atoms with Crippen molar-refractivity contribution in [2.45, 2.75) is 32.1 Å². The fourth-order valence-electron chi connectivity index (χ4n) is 4.30. The molecular weight excluding hydrogens is 469 g/mol. The Bertz CT molecular complexity index is 1360. The van der Waals surface area contributed by atoms with Crippen molar-refractivity contribution in [1.82, 2.24) is 15.0 Å². The quantitative estimate of drug-likeness (QED) is 0.275. The van der Waals surface area contributed by atoms with E-state index in [1.54, 1.807) is 18.3 Å². The van der Waals surface area contributed by atoms with Crippen molar-refractivity contribution in [3.05, 3.63) is 72.7 Å². The molecule has 2 aromatic carbocycles. The van der Waals surface area contributed by atoms with Gasteiger partial charge in [-0.25, -0.2) is 14.4 Å². The van der Waals surface area contributed by atoms with Crippen molar-refractivity contribution in [1.29, 1.82) is 0 Å². The van der Waals surface area contributed by atoms with Crippen LogP contribution in [0, 0.1) is 11.7 Å².